The molecule has 0 spiro atoms. The third kappa shape index (κ3) is 6.02. The van der Waals surface area contributed by atoms with E-state index in [1.807, 2.05) is 66.7 Å². The van der Waals surface area contributed by atoms with Crippen molar-refractivity contribution >= 4 is 34.4 Å². The lowest BCUT2D eigenvalue weighted by Gasteiger charge is -2.36. The number of nitrogens with zero attached hydrogens (tertiary/aromatic N) is 4. The summed E-state index contributed by atoms with van der Waals surface area (Å²) in [7, 11) is 0. The molecule has 1 fully saturated rings. The van der Waals surface area contributed by atoms with Crippen LogP contribution in [0.1, 0.15) is 46.0 Å². The highest BCUT2D eigenvalue weighted by Gasteiger charge is 2.32. The highest BCUT2D eigenvalue weighted by Crippen LogP contribution is 2.39. The molecule has 0 aliphatic carbocycles. The Morgan fingerprint density at radius 1 is 1.00 bits per heavy atom. The molecule has 3 heterocycles. The van der Waals surface area contributed by atoms with Gasteiger partial charge in [0, 0.05) is 23.4 Å². The molecule has 0 radical (unpaired) electrons. The van der Waals surface area contributed by atoms with E-state index in [9.17, 15) is 9.90 Å². The SMILES string of the molecule is O=C(Nc1cccc([C@@H]2O[C@H](CSc3ncn[nH]3)C[C@H](c3ccc(CO)cc3)O2)c1)c1cnc2ccccc2n1. The summed E-state index contributed by atoms with van der Waals surface area (Å²) in [4.78, 5) is 25.9. The summed E-state index contributed by atoms with van der Waals surface area (Å²) in [5.74, 6) is 0.293. The lowest BCUT2D eigenvalue weighted by atomic mass is 10.0. The number of nitrogens with one attached hydrogen (secondary N) is 2. The van der Waals surface area contributed by atoms with Crippen molar-refractivity contribution in [3.63, 3.8) is 0 Å². The summed E-state index contributed by atoms with van der Waals surface area (Å²) in [6.07, 6.45) is 2.57. The molecule has 2 aromatic heterocycles. The zero-order valence-electron chi connectivity index (χ0n) is 21.3. The average molecular weight is 555 g/mol. The van der Waals surface area contributed by atoms with Crippen molar-refractivity contribution in [1.82, 2.24) is 25.1 Å². The van der Waals surface area contributed by atoms with E-state index in [1.54, 1.807) is 6.07 Å². The van der Waals surface area contributed by atoms with Crippen LogP contribution in [0.25, 0.3) is 11.0 Å². The molecule has 0 bridgehead atoms. The quantitative estimate of drug-likeness (QED) is 0.231. The van der Waals surface area contributed by atoms with E-state index >= 15 is 0 Å². The summed E-state index contributed by atoms with van der Waals surface area (Å²) < 4.78 is 12.8. The minimum absolute atomic E-state index is 0.0166. The lowest BCUT2D eigenvalue weighted by Crippen LogP contribution is -2.31. The predicted octanol–water partition coefficient (Wildman–Crippen LogP) is 4.83. The fraction of sp³-hybridized carbons (Fsp3) is 0.207. The Bertz CT molecular complexity index is 1600. The van der Waals surface area contributed by atoms with Crippen molar-refractivity contribution in [2.45, 2.75) is 36.7 Å². The number of benzene rings is 3. The maximum absolute atomic E-state index is 13.0. The van der Waals surface area contributed by atoms with Gasteiger partial charge in [0.1, 0.15) is 12.0 Å². The second-order valence-electron chi connectivity index (χ2n) is 9.28. The Hall–Kier alpha value is -4.16. The summed E-state index contributed by atoms with van der Waals surface area (Å²) in [6, 6.07) is 22.6. The molecular formula is C29H26N6O4S. The molecule has 1 saturated heterocycles. The minimum atomic E-state index is -0.658. The summed E-state index contributed by atoms with van der Waals surface area (Å²) in [5.41, 5.74) is 4.80. The van der Waals surface area contributed by atoms with Crippen LogP contribution in [0, 0.1) is 0 Å². The zero-order valence-corrected chi connectivity index (χ0v) is 22.1. The van der Waals surface area contributed by atoms with Crippen LogP contribution in [0.3, 0.4) is 0 Å². The second-order valence-corrected chi connectivity index (χ2v) is 10.3. The van der Waals surface area contributed by atoms with E-state index in [1.165, 1.54) is 24.3 Å². The fourth-order valence-electron chi connectivity index (χ4n) is 4.48. The standard InChI is InChI=1S/C29H26N6O4S/c36-15-18-8-10-19(11-9-18)26-13-22(16-40-29-31-17-32-35-29)38-28(39-26)20-4-3-5-21(12-20)33-27(37)25-14-30-23-6-1-2-7-24(23)34-25/h1-12,14,17,22,26,28,36H,13,15-16H2,(H,33,37)(H,31,32,35)/t22-,26+,28+/m0/s1. The second kappa shape index (κ2) is 11.9. The number of aromatic nitrogens is 5. The normalized spacial score (nSPS) is 19.0. The summed E-state index contributed by atoms with van der Waals surface area (Å²) in [6.45, 7) is -0.0166. The van der Waals surface area contributed by atoms with Gasteiger partial charge in [-0.3, -0.25) is 14.9 Å². The third-order valence-corrected chi connectivity index (χ3v) is 7.52. The number of amides is 1. The molecule has 5 aromatic rings. The number of fused-ring (bicyclic) bond motifs is 1. The van der Waals surface area contributed by atoms with Crippen molar-refractivity contribution < 1.29 is 19.4 Å². The predicted molar refractivity (Wildman–Crippen MR) is 149 cm³/mol. The van der Waals surface area contributed by atoms with Gasteiger partial charge in [-0.2, -0.15) is 5.10 Å². The van der Waals surface area contributed by atoms with Crippen LogP contribution in [0.15, 0.2) is 90.5 Å². The van der Waals surface area contributed by atoms with Gasteiger partial charge >= 0.3 is 0 Å². The molecule has 40 heavy (non-hydrogen) atoms. The fourth-order valence-corrected chi connectivity index (χ4v) is 5.28. The number of anilines is 1. The van der Waals surface area contributed by atoms with Crippen LogP contribution < -0.4 is 5.32 Å². The van der Waals surface area contributed by atoms with Gasteiger partial charge in [-0.1, -0.05) is 60.3 Å². The van der Waals surface area contributed by atoms with Gasteiger partial charge in [0.15, 0.2) is 11.4 Å². The number of H-pyrrole nitrogens is 1. The number of ether oxygens (including phenoxy) is 2. The van der Waals surface area contributed by atoms with Crippen LogP contribution in [0.2, 0.25) is 0 Å². The number of para-hydroxylation sites is 2. The largest absolute Gasteiger partial charge is 0.392 e. The molecule has 11 heteroatoms. The Morgan fingerprint density at radius 3 is 2.65 bits per heavy atom. The maximum Gasteiger partial charge on any atom is 0.275 e. The zero-order chi connectivity index (χ0) is 27.3. The molecule has 3 N–H and O–H groups in total. The first kappa shape index (κ1) is 26.1. The van der Waals surface area contributed by atoms with Crippen LogP contribution >= 0.6 is 11.8 Å². The number of aromatic amines is 1. The maximum atomic E-state index is 13.0. The molecule has 0 saturated carbocycles. The van der Waals surface area contributed by atoms with Gasteiger partial charge in [0.05, 0.1) is 36.0 Å². The molecule has 10 nitrogen and oxygen atoms in total. The first-order chi connectivity index (χ1) is 19.6. The van der Waals surface area contributed by atoms with Crippen molar-refractivity contribution in [2.24, 2.45) is 0 Å². The molecule has 6 rings (SSSR count). The monoisotopic (exact) mass is 554 g/mol. The van der Waals surface area contributed by atoms with E-state index < -0.39 is 6.29 Å². The molecule has 3 atom stereocenters. The first-order valence-electron chi connectivity index (χ1n) is 12.8. The number of carbonyl (C=O) groups is 1. The molecule has 1 aliphatic rings. The van der Waals surface area contributed by atoms with E-state index in [0.29, 0.717) is 23.4 Å². The van der Waals surface area contributed by atoms with Gasteiger partial charge in [0.2, 0.25) is 0 Å². The summed E-state index contributed by atoms with van der Waals surface area (Å²) >= 11 is 1.53. The number of hydrogen-bond donors (Lipinski definition) is 3. The van der Waals surface area contributed by atoms with Gasteiger partial charge in [-0.05, 0) is 35.4 Å². The first-order valence-corrected chi connectivity index (χ1v) is 13.7. The smallest absolute Gasteiger partial charge is 0.275 e. The molecular weight excluding hydrogens is 528 g/mol. The van der Waals surface area contributed by atoms with E-state index in [0.717, 1.165) is 27.4 Å². The minimum Gasteiger partial charge on any atom is -0.392 e. The van der Waals surface area contributed by atoms with E-state index in [2.05, 4.69) is 30.5 Å². The number of aliphatic hydroxyl groups excluding tert-OH is 1. The molecule has 1 aliphatic heterocycles. The topological polar surface area (TPSA) is 135 Å². The Labute approximate surface area is 234 Å². The highest BCUT2D eigenvalue weighted by atomic mass is 32.2. The van der Waals surface area contributed by atoms with Crippen molar-refractivity contribution in [2.75, 3.05) is 11.1 Å². The van der Waals surface area contributed by atoms with Crippen molar-refractivity contribution in [1.29, 1.82) is 0 Å². The van der Waals surface area contributed by atoms with Crippen LogP contribution in [0.4, 0.5) is 5.69 Å². The number of aliphatic hydroxyl groups is 1. The van der Waals surface area contributed by atoms with Gasteiger partial charge in [-0.15, -0.1) is 0 Å². The Balaban J connectivity index is 1.21. The average Bonchev–Trinajstić information content (AvgIpc) is 3.54. The summed E-state index contributed by atoms with van der Waals surface area (Å²) in [5, 5.41) is 19.8. The van der Waals surface area contributed by atoms with Gasteiger partial charge in [0.25, 0.3) is 5.91 Å². The van der Waals surface area contributed by atoms with Crippen molar-refractivity contribution in [3.8, 4) is 0 Å². The Kier molecular flexibility index (Phi) is 7.78. The molecule has 3 aromatic carbocycles. The number of hydrogen-bond acceptors (Lipinski definition) is 9. The molecule has 1 amide bonds. The van der Waals surface area contributed by atoms with Crippen molar-refractivity contribution in [3.05, 3.63) is 108 Å². The lowest BCUT2D eigenvalue weighted by molar-refractivity contribution is -0.245. The molecule has 202 valence electrons. The van der Waals surface area contributed by atoms with Crippen LogP contribution in [0.5, 0.6) is 0 Å². The van der Waals surface area contributed by atoms with Crippen LogP contribution in [-0.4, -0.2) is 48.0 Å². The van der Waals surface area contributed by atoms with Gasteiger partial charge < -0.3 is 19.9 Å². The third-order valence-electron chi connectivity index (χ3n) is 6.51. The number of thioether (sulfide) groups is 1. The van der Waals surface area contributed by atoms with E-state index in [-0.39, 0.29) is 30.4 Å². The number of carbonyl (C=O) groups excluding carboxylic acids is 1. The van der Waals surface area contributed by atoms with Gasteiger partial charge in [-0.25, -0.2) is 9.97 Å². The number of rotatable bonds is 8. The van der Waals surface area contributed by atoms with Crippen LogP contribution in [-0.2, 0) is 16.1 Å². The highest BCUT2D eigenvalue weighted by molar-refractivity contribution is 7.99. The molecule has 0 unspecified atom stereocenters. The van der Waals surface area contributed by atoms with E-state index in [4.69, 9.17) is 9.47 Å². The Morgan fingerprint density at radius 2 is 1.85 bits per heavy atom.